The molecule has 2 nitrogen and oxygen atoms in total. The molecule has 2 unspecified atom stereocenters. The number of carbonyl (C=O) groups is 1. The molecule has 130 valence electrons. The molecular formula is C20H19Cl2NOS. The number of benzene rings is 2. The summed E-state index contributed by atoms with van der Waals surface area (Å²) in [7, 11) is 0. The van der Waals surface area contributed by atoms with E-state index in [2.05, 4.69) is 24.9 Å². The van der Waals surface area contributed by atoms with Crippen LogP contribution in [0.25, 0.3) is 0 Å². The first kappa shape index (κ1) is 18.4. The normalized spacial score (nSPS) is 20.1. The lowest BCUT2D eigenvalue weighted by atomic mass is 9.75. The van der Waals surface area contributed by atoms with Crippen molar-refractivity contribution in [3.8, 4) is 0 Å². The van der Waals surface area contributed by atoms with Crippen molar-refractivity contribution in [2.75, 3.05) is 6.26 Å². The van der Waals surface area contributed by atoms with Gasteiger partial charge in [0.2, 0.25) is 0 Å². The van der Waals surface area contributed by atoms with Crippen molar-refractivity contribution in [3.63, 3.8) is 0 Å². The van der Waals surface area contributed by atoms with Gasteiger partial charge < -0.3 is 5.32 Å². The van der Waals surface area contributed by atoms with E-state index in [9.17, 15) is 4.79 Å². The van der Waals surface area contributed by atoms with Gasteiger partial charge in [0.25, 0.3) is 5.91 Å². The number of rotatable bonds is 5. The van der Waals surface area contributed by atoms with Crippen molar-refractivity contribution in [3.05, 3.63) is 75.8 Å². The van der Waals surface area contributed by atoms with Gasteiger partial charge in [0.05, 0.1) is 15.6 Å². The third-order valence-electron chi connectivity index (χ3n) is 4.85. The van der Waals surface area contributed by atoms with Crippen LogP contribution in [-0.4, -0.2) is 12.2 Å². The molecule has 25 heavy (non-hydrogen) atoms. The number of thioether (sulfide) groups is 1. The zero-order valence-electron chi connectivity index (χ0n) is 14.1. The predicted octanol–water partition coefficient (Wildman–Crippen LogP) is 6.03. The number of hydrogen-bond acceptors (Lipinski definition) is 2. The predicted molar refractivity (Wildman–Crippen MR) is 107 cm³/mol. The molecule has 3 rings (SSSR count). The number of nitrogens with one attached hydrogen (secondary N) is 1. The van der Waals surface area contributed by atoms with Crippen molar-refractivity contribution in [1.29, 1.82) is 0 Å². The Kier molecular flexibility index (Phi) is 5.19. The van der Waals surface area contributed by atoms with Gasteiger partial charge >= 0.3 is 0 Å². The highest BCUT2D eigenvalue weighted by Crippen LogP contribution is 2.45. The lowest BCUT2D eigenvalue weighted by Gasteiger charge is -2.35. The summed E-state index contributed by atoms with van der Waals surface area (Å²) >= 11 is 13.9. The molecule has 0 aromatic heterocycles. The van der Waals surface area contributed by atoms with E-state index in [-0.39, 0.29) is 11.8 Å². The third kappa shape index (κ3) is 3.21. The molecule has 1 heterocycles. The zero-order chi connectivity index (χ0) is 18.2. The van der Waals surface area contributed by atoms with Crippen molar-refractivity contribution < 1.29 is 4.79 Å². The quantitative estimate of drug-likeness (QED) is 0.497. The highest BCUT2D eigenvalue weighted by Gasteiger charge is 2.45. The van der Waals surface area contributed by atoms with E-state index >= 15 is 0 Å². The Labute approximate surface area is 162 Å². The topological polar surface area (TPSA) is 29.1 Å². The summed E-state index contributed by atoms with van der Waals surface area (Å²) in [6.45, 7) is 5.96. The van der Waals surface area contributed by atoms with E-state index in [1.165, 1.54) is 0 Å². The standard InChI is InChI=1S/C20H19Cl2NOS/c1-4-5-15(12-6-9-17(21)18(22)10-12)20(2)16-8-7-13(25-3)11-14(16)19(24)23-20/h4,6-11,15H,1,5H2,2-3H3,(H,23,24). The van der Waals surface area contributed by atoms with Gasteiger partial charge in [0.15, 0.2) is 0 Å². The second-order valence-corrected chi connectivity index (χ2v) is 8.01. The Morgan fingerprint density at radius 3 is 2.64 bits per heavy atom. The lowest BCUT2D eigenvalue weighted by Crippen LogP contribution is -2.41. The van der Waals surface area contributed by atoms with E-state index < -0.39 is 5.54 Å². The summed E-state index contributed by atoms with van der Waals surface area (Å²) in [5, 5.41) is 4.23. The maximum atomic E-state index is 12.6. The van der Waals surface area contributed by atoms with Gasteiger partial charge in [-0.1, -0.05) is 41.4 Å². The maximum Gasteiger partial charge on any atom is 0.252 e. The van der Waals surface area contributed by atoms with Gasteiger partial charge in [-0.25, -0.2) is 0 Å². The van der Waals surface area contributed by atoms with Gasteiger partial charge in [0, 0.05) is 16.4 Å². The minimum absolute atomic E-state index is 0.00472. The fourth-order valence-corrected chi connectivity index (χ4v) is 4.28. The third-order valence-corrected chi connectivity index (χ3v) is 6.31. The summed E-state index contributed by atoms with van der Waals surface area (Å²) < 4.78 is 0. The molecule has 0 aliphatic carbocycles. The smallest absolute Gasteiger partial charge is 0.252 e. The lowest BCUT2D eigenvalue weighted by molar-refractivity contribution is 0.0924. The Morgan fingerprint density at radius 2 is 2.00 bits per heavy atom. The van der Waals surface area contributed by atoms with Crippen LogP contribution in [0, 0.1) is 0 Å². The van der Waals surface area contributed by atoms with Crippen molar-refractivity contribution in [2.45, 2.75) is 29.7 Å². The van der Waals surface area contributed by atoms with Gasteiger partial charge in [-0.2, -0.15) is 0 Å². The average molecular weight is 392 g/mol. The molecule has 1 amide bonds. The molecule has 0 saturated heterocycles. The molecule has 2 aromatic rings. The molecule has 5 heteroatoms. The molecule has 2 atom stereocenters. The van der Waals surface area contributed by atoms with Crippen molar-refractivity contribution in [1.82, 2.24) is 5.32 Å². The summed E-state index contributed by atoms with van der Waals surface area (Å²) in [5.74, 6) is -0.0346. The number of fused-ring (bicyclic) bond motifs is 1. The highest BCUT2D eigenvalue weighted by molar-refractivity contribution is 7.98. The number of halogens is 2. The molecule has 1 aliphatic rings. The zero-order valence-corrected chi connectivity index (χ0v) is 16.4. The summed E-state index contributed by atoms with van der Waals surface area (Å²) in [4.78, 5) is 13.7. The molecule has 0 spiro atoms. The van der Waals surface area contributed by atoms with Crippen LogP contribution < -0.4 is 5.32 Å². The van der Waals surface area contributed by atoms with E-state index in [4.69, 9.17) is 23.2 Å². The molecule has 0 fully saturated rings. The first-order valence-corrected chi connectivity index (χ1v) is 9.95. The van der Waals surface area contributed by atoms with E-state index in [0.29, 0.717) is 16.5 Å². The number of amides is 1. The van der Waals surface area contributed by atoms with E-state index in [0.717, 1.165) is 21.6 Å². The summed E-state index contributed by atoms with van der Waals surface area (Å²) in [5.41, 5.74) is 2.24. The number of hydrogen-bond donors (Lipinski definition) is 1. The summed E-state index contributed by atoms with van der Waals surface area (Å²) in [6.07, 6.45) is 4.58. The van der Waals surface area contributed by atoms with Gasteiger partial charge in [-0.3, -0.25) is 4.79 Å². The molecule has 1 N–H and O–H groups in total. The van der Waals surface area contributed by atoms with Crippen molar-refractivity contribution >= 4 is 40.9 Å². The minimum Gasteiger partial charge on any atom is -0.342 e. The van der Waals surface area contributed by atoms with E-state index in [1.54, 1.807) is 17.8 Å². The molecular weight excluding hydrogens is 373 g/mol. The maximum absolute atomic E-state index is 12.6. The Hall–Kier alpha value is -1.42. The van der Waals surface area contributed by atoms with Gasteiger partial charge in [0.1, 0.15) is 0 Å². The second kappa shape index (κ2) is 7.06. The highest BCUT2D eigenvalue weighted by atomic mass is 35.5. The number of carbonyl (C=O) groups excluding carboxylic acids is 1. The molecule has 2 aromatic carbocycles. The molecule has 1 aliphatic heterocycles. The first-order valence-electron chi connectivity index (χ1n) is 7.97. The van der Waals surface area contributed by atoms with Crippen LogP contribution in [0.3, 0.4) is 0 Å². The van der Waals surface area contributed by atoms with Crippen LogP contribution in [-0.2, 0) is 5.54 Å². The Morgan fingerprint density at radius 1 is 1.24 bits per heavy atom. The molecule has 0 bridgehead atoms. The van der Waals surface area contributed by atoms with Crippen LogP contribution in [0.15, 0.2) is 53.9 Å². The monoisotopic (exact) mass is 391 g/mol. The van der Waals surface area contributed by atoms with E-state index in [1.807, 2.05) is 36.6 Å². The average Bonchev–Trinajstić information content (AvgIpc) is 2.86. The fourth-order valence-electron chi connectivity index (χ4n) is 3.54. The van der Waals surface area contributed by atoms with Gasteiger partial charge in [-0.15, -0.1) is 18.3 Å². The number of allylic oxidation sites excluding steroid dienone is 1. The molecule has 0 radical (unpaired) electrons. The Balaban J connectivity index is 2.12. The largest absolute Gasteiger partial charge is 0.342 e. The SMILES string of the molecule is C=CCC(c1ccc(Cl)c(Cl)c1)C1(C)NC(=O)c2cc(SC)ccc21. The van der Waals surface area contributed by atoms with Crippen LogP contribution in [0.4, 0.5) is 0 Å². The van der Waals surface area contributed by atoms with Crippen LogP contribution >= 0.6 is 35.0 Å². The second-order valence-electron chi connectivity index (χ2n) is 6.32. The van der Waals surface area contributed by atoms with Gasteiger partial charge in [-0.05, 0) is 55.0 Å². The van der Waals surface area contributed by atoms with Crippen LogP contribution in [0.2, 0.25) is 10.0 Å². The first-order chi connectivity index (χ1) is 11.9. The fraction of sp³-hybridized carbons (Fsp3) is 0.250. The minimum atomic E-state index is -0.533. The Bertz CT molecular complexity index is 852. The summed E-state index contributed by atoms with van der Waals surface area (Å²) in [6, 6.07) is 11.7. The van der Waals surface area contributed by atoms with Crippen molar-refractivity contribution in [2.24, 2.45) is 0 Å². The van der Waals surface area contributed by atoms with Crippen LogP contribution in [0.1, 0.15) is 40.7 Å². The molecule has 0 saturated carbocycles. The van der Waals surface area contributed by atoms with Crippen LogP contribution in [0.5, 0.6) is 0 Å².